The summed E-state index contributed by atoms with van der Waals surface area (Å²) in [4.78, 5) is 24.0. The average Bonchev–Trinajstić information content (AvgIpc) is 2.54. The molecule has 1 aromatic rings. The number of hydrogen-bond acceptors (Lipinski definition) is 4. The first kappa shape index (κ1) is 18.0. The molecule has 7 heteroatoms. The standard InChI is InChI=1S/C18H23N3O3.ClH/c19-17-10-2-1-3-11(17)7-12(6-10)18(23)20-13-4-5-14-15(8-13)24-9-16(22)21-14;/h4-5,8,10-12,17H,1-3,6-7,9,19H2,(H,20,23)(H,21,22);1H. The van der Waals surface area contributed by atoms with E-state index in [9.17, 15) is 9.59 Å². The van der Waals surface area contributed by atoms with Gasteiger partial charge in [-0.1, -0.05) is 6.42 Å². The zero-order valence-corrected chi connectivity index (χ0v) is 14.8. The van der Waals surface area contributed by atoms with Gasteiger partial charge in [0.05, 0.1) is 5.69 Å². The lowest BCUT2D eigenvalue weighted by Crippen LogP contribution is -2.48. The van der Waals surface area contributed by atoms with Gasteiger partial charge in [0.1, 0.15) is 5.75 Å². The molecule has 0 aromatic heterocycles. The molecule has 1 aromatic carbocycles. The number of carbonyl (C=O) groups is 2. The van der Waals surface area contributed by atoms with Gasteiger partial charge in [-0.15, -0.1) is 12.4 Å². The predicted octanol–water partition coefficient (Wildman–Crippen LogP) is 2.53. The van der Waals surface area contributed by atoms with Crippen molar-refractivity contribution in [3.8, 4) is 5.75 Å². The van der Waals surface area contributed by atoms with Gasteiger partial charge < -0.3 is 21.1 Å². The predicted molar refractivity (Wildman–Crippen MR) is 98.0 cm³/mol. The molecular weight excluding hydrogens is 342 g/mol. The molecule has 1 aliphatic heterocycles. The Morgan fingerprint density at radius 1 is 1.24 bits per heavy atom. The average molecular weight is 366 g/mol. The largest absolute Gasteiger partial charge is 0.482 e. The number of nitrogens with two attached hydrogens (primary N) is 1. The summed E-state index contributed by atoms with van der Waals surface area (Å²) in [6, 6.07) is 5.58. The van der Waals surface area contributed by atoms with E-state index in [0.717, 1.165) is 25.7 Å². The van der Waals surface area contributed by atoms with E-state index in [4.69, 9.17) is 10.5 Å². The first-order valence-corrected chi connectivity index (χ1v) is 8.73. The number of carbonyl (C=O) groups excluding carboxylic acids is 2. The quantitative estimate of drug-likeness (QED) is 0.750. The van der Waals surface area contributed by atoms with Gasteiger partial charge >= 0.3 is 0 Å². The molecule has 2 fully saturated rings. The Morgan fingerprint density at radius 3 is 2.68 bits per heavy atom. The molecule has 2 amide bonds. The summed E-state index contributed by atoms with van der Waals surface area (Å²) in [6.07, 6.45) is 5.31. The van der Waals surface area contributed by atoms with Crippen LogP contribution in [-0.4, -0.2) is 24.5 Å². The Labute approximate surface area is 153 Å². The van der Waals surface area contributed by atoms with E-state index >= 15 is 0 Å². The summed E-state index contributed by atoms with van der Waals surface area (Å²) in [5, 5.41) is 5.75. The number of rotatable bonds is 2. The van der Waals surface area contributed by atoms with Crippen LogP contribution in [0.15, 0.2) is 18.2 Å². The van der Waals surface area contributed by atoms with Crippen LogP contribution in [0.5, 0.6) is 5.75 Å². The SMILES string of the molecule is Cl.NC1C2CCCC1CC(C(=O)Nc1ccc3c(c1)OCC(=O)N3)C2. The number of amides is 2. The number of hydrogen-bond donors (Lipinski definition) is 3. The van der Waals surface area contributed by atoms with Crippen molar-refractivity contribution in [3.63, 3.8) is 0 Å². The number of nitrogens with one attached hydrogen (secondary N) is 2. The Kier molecular flexibility index (Phi) is 5.20. The van der Waals surface area contributed by atoms with Crippen molar-refractivity contribution in [2.24, 2.45) is 23.5 Å². The molecule has 0 radical (unpaired) electrons. The maximum atomic E-state index is 12.7. The van der Waals surface area contributed by atoms with E-state index in [2.05, 4.69) is 10.6 Å². The van der Waals surface area contributed by atoms with Crippen LogP contribution in [0, 0.1) is 17.8 Å². The molecule has 2 unspecified atom stereocenters. The van der Waals surface area contributed by atoms with Crippen LogP contribution in [0.25, 0.3) is 0 Å². The van der Waals surface area contributed by atoms with Crippen LogP contribution in [0.4, 0.5) is 11.4 Å². The fraction of sp³-hybridized carbons (Fsp3) is 0.556. The highest BCUT2D eigenvalue weighted by molar-refractivity contribution is 5.97. The van der Waals surface area contributed by atoms with Crippen molar-refractivity contribution in [2.45, 2.75) is 38.1 Å². The van der Waals surface area contributed by atoms with E-state index in [0.29, 0.717) is 29.0 Å². The monoisotopic (exact) mass is 365 g/mol. The molecule has 136 valence electrons. The molecule has 1 heterocycles. The molecule has 25 heavy (non-hydrogen) atoms. The Hall–Kier alpha value is -1.79. The lowest BCUT2D eigenvalue weighted by molar-refractivity contribution is -0.122. The molecule has 0 spiro atoms. The van der Waals surface area contributed by atoms with Gasteiger partial charge in [-0.2, -0.15) is 0 Å². The van der Waals surface area contributed by atoms with Crippen LogP contribution in [0.1, 0.15) is 32.1 Å². The van der Waals surface area contributed by atoms with E-state index in [1.54, 1.807) is 18.2 Å². The fourth-order valence-corrected chi connectivity index (χ4v) is 4.40. The van der Waals surface area contributed by atoms with Crippen molar-refractivity contribution in [1.29, 1.82) is 0 Å². The molecule has 4 rings (SSSR count). The smallest absolute Gasteiger partial charge is 0.262 e. The van der Waals surface area contributed by atoms with Gasteiger partial charge in [-0.05, 0) is 49.7 Å². The number of anilines is 2. The van der Waals surface area contributed by atoms with E-state index in [1.165, 1.54) is 6.42 Å². The maximum absolute atomic E-state index is 12.7. The number of ether oxygens (including phenoxy) is 1. The van der Waals surface area contributed by atoms with Crippen molar-refractivity contribution in [1.82, 2.24) is 0 Å². The summed E-state index contributed by atoms with van der Waals surface area (Å²) >= 11 is 0. The lowest BCUT2D eigenvalue weighted by atomic mass is 9.65. The minimum Gasteiger partial charge on any atom is -0.482 e. The minimum atomic E-state index is -0.163. The summed E-state index contributed by atoms with van der Waals surface area (Å²) in [5.74, 6) is 1.50. The molecule has 4 N–H and O–H groups in total. The lowest BCUT2D eigenvalue weighted by Gasteiger charge is -2.43. The third-order valence-corrected chi connectivity index (χ3v) is 5.67. The number of fused-ring (bicyclic) bond motifs is 3. The van der Waals surface area contributed by atoms with Crippen molar-refractivity contribution in [3.05, 3.63) is 18.2 Å². The molecule has 2 saturated carbocycles. The molecule has 2 atom stereocenters. The first-order valence-electron chi connectivity index (χ1n) is 8.73. The van der Waals surface area contributed by atoms with Crippen LogP contribution >= 0.6 is 12.4 Å². The highest BCUT2D eigenvalue weighted by atomic mass is 35.5. The minimum absolute atomic E-state index is 0. The fourth-order valence-electron chi connectivity index (χ4n) is 4.40. The Morgan fingerprint density at radius 2 is 1.96 bits per heavy atom. The van der Waals surface area contributed by atoms with Crippen molar-refractivity contribution >= 4 is 35.6 Å². The van der Waals surface area contributed by atoms with Crippen molar-refractivity contribution < 1.29 is 14.3 Å². The van der Waals surface area contributed by atoms with Gasteiger partial charge in [0.2, 0.25) is 5.91 Å². The van der Waals surface area contributed by atoms with Gasteiger partial charge in [0, 0.05) is 23.7 Å². The second-order valence-corrected chi connectivity index (χ2v) is 7.23. The van der Waals surface area contributed by atoms with Gasteiger partial charge in [0.25, 0.3) is 5.91 Å². The molecular formula is C18H24ClN3O3. The van der Waals surface area contributed by atoms with E-state index < -0.39 is 0 Å². The normalized spacial score (nSPS) is 30.2. The third kappa shape index (κ3) is 3.60. The van der Waals surface area contributed by atoms with Crippen molar-refractivity contribution in [2.75, 3.05) is 17.2 Å². The van der Waals surface area contributed by atoms with E-state index in [1.807, 2.05) is 0 Å². The molecule has 2 bridgehead atoms. The summed E-state index contributed by atoms with van der Waals surface area (Å²) < 4.78 is 5.40. The highest BCUT2D eigenvalue weighted by Gasteiger charge is 2.40. The van der Waals surface area contributed by atoms with Gasteiger partial charge in [-0.3, -0.25) is 9.59 Å². The number of halogens is 1. The number of benzene rings is 1. The van der Waals surface area contributed by atoms with Crippen LogP contribution in [0.2, 0.25) is 0 Å². The van der Waals surface area contributed by atoms with E-state index in [-0.39, 0.29) is 42.8 Å². The zero-order chi connectivity index (χ0) is 16.7. The van der Waals surface area contributed by atoms with Crippen LogP contribution in [-0.2, 0) is 9.59 Å². The zero-order valence-electron chi connectivity index (χ0n) is 14.0. The summed E-state index contributed by atoms with van der Waals surface area (Å²) in [7, 11) is 0. The van der Waals surface area contributed by atoms with Gasteiger partial charge in [0.15, 0.2) is 6.61 Å². The molecule has 3 aliphatic rings. The van der Waals surface area contributed by atoms with Crippen LogP contribution < -0.4 is 21.1 Å². The second kappa shape index (κ2) is 7.22. The van der Waals surface area contributed by atoms with Crippen LogP contribution in [0.3, 0.4) is 0 Å². The topological polar surface area (TPSA) is 93.5 Å². The Bertz CT molecular complexity index is 668. The third-order valence-electron chi connectivity index (χ3n) is 5.67. The molecule has 6 nitrogen and oxygen atoms in total. The second-order valence-electron chi connectivity index (χ2n) is 7.23. The highest BCUT2D eigenvalue weighted by Crippen LogP contribution is 2.42. The maximum Gasteiger partial charge on any atom is 0.262 e. The summed E-state index contributed by atoms with van der Waals surface area (Å²) in [6.45, 7) is 0.00821. The Balaban J connectivity index is 0.00000182. The summed E-state index contributed by atoms with van der Waals surface area (Å²) in [5.41, 5.74) is 7.65. The molecule has 2 aliphatic carbocycles. The molecule has 0 saturated heterocycles. The van der Waals surface area contributed by atoms with Gasteiger partial charge in [-0.25, -0.2) is 0 Å². The first-order chi connectivity index (χ1) is 11.6.